The maximum Gasteiger partial charge on any atom is 0.284 e. The number of anilines is 1. The highest BCUT2D eigenvalue weighted by molar-refractivity contribution is 8.01. The second-order valence-electron chi connectivity index (χ2n) is 7.21. The van der Waals surface area contributed by atoms with Gasteiger partial charge >= 0.3 is 0 Å². The number of nitrogens with one attached hydrogen (secondary N) is 1. The van der Waals surface area contributed by atoms with Crippen molar-refractivity contribution in [3.8, 4) is 5.88 Å². The van der Waals surface area contributed by atoms with Gasteiger partial charge in [0.25, 0.3) is 17.4 Å². The molecule has 0 bridgehead atoms. The fourth-order valence-corrected chi connectivity index (χ4v) is 6.33. The Morgan fingerprint density at radius 3 is 2.78 bits per heavy atom. The number of nitrogens with zero attached hydrogens (tertiary/aromatic N) is 6. The number of oxime groups is 1. The quantitative estimate of drug-likeness (QED) is 0.143. The number of aromatic nitrogens is 4. The van der Waals surface area contributed by atoms with Crippen LogP contribution in [-0.2, 0) is 26.3 Å². The first-order valence-electron chi connectivity index (χ1n) is 9.89. The van der Waals surface area contributed by atoms with E-state index in [-0.39, 0.29) is 38.9 Å². The number of fused-ring (bicyclic) bond motifs is 1. The average Bonchev–Trinajstić information content (AvgIpc) is 3.27. The topological polar surface area (TPSA) is 221 Å². The van der Waals surface area contributed by atoms with E-state index in [1.165, 1.54) is 31.3 Å². The number of amides is 2. The molecule has 1 fully saturated rings. The molecular formula is C18H16N8O7S3-2. The number of nitrogen functional groups attached to an aromatic ring is 1. The highest BCUT2D eigenvalue weighted by Crippen LogP contribution is 2.41. The lowest BCUT2D eigenvalue weighted by atomic mass is 10.0. The Morgan fingerprint density at radius 1 is 1.39 bits per heavy atom. The molecule has 2 aromatic rings. The van der Waals surface area contributed by atoms with Crippen molar-refractivity contribution < 1.29 is 29.4 Å². The van der Waals surface area contributed by atoms with Gasteiger partial charge in [-0.1, -0.05) is 16.9 Å². The number of nitrogens with two attached hydrogens (primary N) is 1. The van der Waals surface area contributed by atoms with E-state index in [4.69, 9.17) is 10.6 Å². The lowest BCUT2D eigenvalue weighted by Gasteiger charge is -2.50. The number of carboxylic acids is 1. The highest BCUT2D eigenvalue weighted by atomic mass is 32.2. The minimum Gasteiger partial charge on any atom is -0.854 e. The molecule has 18 heteroatoms. The van der Waals surface area contributed by atoms with Crippen LogP contribution in [0.2, 0.25) is 0 Å². The molecule has 0 aromatic carbocycles. The van der Waals surface area contributed by atoms with Gasteiger partial charge in [0.15, 0.2) is 16.0 Å². The SMILES string of the molecule is CO/N=C(\C(=O)N[C@@H]1C(=O)N2C(C(=O)[O-])=C(CSc3nc(=O)c([O-])nn3C)CSC12)c1csc(N)n1. The summed E-state index contributed by atoms with van der Waals surface area (Å²) in [4.78, 5) is 62.5. The molecule has 2 aromatic heterocycles. The van der Waals surface area contributed by atoms with E-state index in [0.29, 0.717) is 5.57 Å². The molecular weight excluding hydrogens is 536 g/mol. The van der Waals surface area contributed by atoms with Gasteiger partial charge in [-0.2, -0.15) is 10.1 Å². The molecule has 1 saturated heterocycles. The van der Waals surface area contributed by atoms with E-state index < -0.39 is 40.6 Å². The Hall–Kier alpha value is -3.64. The predicted octanol–water partition coefficient (Wildman–Crippen LogP) is -3.17. The van der Waals surface area contributed by atoms with Crippen molar-refractivity contribution in [2.75, 3.05) is 24.3 Å². The van der Waals surface area contributed by atoms with Crippen LogP contribution in [0.1, 0.15) is 5.69 Å². The number of thioether (sulfide) groups is 2. The molecule has 2 aliphatic heterocycles. The summed E-state index contributed by atoms with van der Waals surface area (Å²) in [5.74, 6) is -3.74. The number of rotatable bonds is 8. The van der Waals surface area contributed by atoms with Gasteiger partial charge in [-0.25, -0.2) is 9.67 Å². The van der Waals surface area contributed by atoms with Crippen molar-refractivity contribution in [1.29, 1.82) is 0 Å². The Kier molecular flexibility index (Phi) is 7.18. The normalized spacial score (nSPS) is 19.6. The Morgan fingerprint density at radius 2 is 2.14 bits per heavy atom. The average molecular weight is 553 g/mol. The summed E-state index contributed by atoms with van der Waals surface area (Å²) in [5.41, 5.74) is 4.57. The number of carbonyl (C=O) groups is 3. The zero-order valence-electron chi connectivity index (χ0n) is 18.5. The Labute approximate surface area is 214 Å². The zero-order valence-corrected chi connectivity index (χ0v) is 20.9. The van der Waals surface area contributed by atoms with Crippen LogP contribution >= 0.6 is 34.9 Å². The van der Waals surface area contributed by atoms with Crippen LogP contribution in [0.25, 0.3) is 0 Å². The molecule has 0 aliphatic carbocycles. The molecule has 2 amide bonds. The lowest BCUT2D eigenvalue weighted by molar-refractivity contribution is -0.301. The largest absolute Gasteiger partial charge is 0.854 e. The number of hydrogen-bond donors (Lipinski definition) is 2. The number of carboxylic acid groups (broad SMARTS) is 1. The molecule has 0 radical (unpaired) electrons. The number of β-lactam (4-membered cyclic amide) rings is 1. The maximum atomic E-state index is 12.9. The molecule has 4 heterocycles. The first-order valence-corrected chi connectivity index (χ1v) is 12.8. The fraction of sp³-hybridized carbons (Fsp3) is 0.333. The summed E-state index contributed by atoms with van der Waals surface area (Å²) in [6.45, 7) is 0. The second kappa shape index (κ2) is 10.2. The summed E-state index contributed by atoms with van der Waals surface area (Å²) in [6.07, 6.45) is 0. The molecule has 15 nitrogen and oxygen atoms in total. The lowest BCUT2D eigenvalue weighted by Crippen LogP contribution is -2.71. The smallest absolute Gasteiger partial charge is 0.284 e. The zero-order chi connectivity index (χ0) is 26.1. The van der Waals surface area contributed by atoms with Gasteiger partial charge in [0.1, 0.15) is 24.2 Å². The van der Waals surface area contributed by atoms with Crippen LogP contribution in [0.3, 0.4) is 0 Å². The molecule has 0 spiro atoms. The molecule has 4 rings (SSSR count). The van der Waals surface area contributed by atoms with Crippen molar-refractivity contribution in [3.05, 3.63) is 32.7 Å². The third-order valence-electron chi connectivity index (χ3n) is 4.96. The van der Waals surface area contributed by atoms with Crippen LogP contribution in [0.5, 0.6) is 5.88 Å². The van der Waals surface area contributed by atoms with E-state index in [1.54, 1.807) is 0 Å². The van der Waals surface area contributed by atoms with E-state index in [0.717, 1.165) is 32.7 Å². The maximum absolute atomic E-state index is 12.9. The van der Waals surface area contributed by atoms with Crippen LogP contribution in [-0.4, -0.2) is 78.2 Å². The molecule has 3 N–H and O–H groups in total. The third-order valence-corrected chi connectivity index (χ3v) is 8.08. The van der Waals surface area contributed by atoms with Gasteiger partial charge in [0.2, 0.25) is 0 Å². The van der Waals surface area contributed by atoms with Crippen LogP contribution in [0.4, 0.5) is 5.13 Å². The van der Waals surface area contributed by atoms with Crippen molar-refractivity contribution in [2.45, 2.75) is 16.6 Å². The van der Waals surface area contributed by atoms with Crippen molar-refractivity contribution in [1.82, 2.24) is 30.0 Å². The summed E-state index contributed by atoms with van der Waals surface area (Å²) in [5, 5.41) is 34.1. The van der Waals surface area contributed by atoms with Crippen LogP contribution in [0.15, 0.2) is 31.8 Å². The summed E-state index contributed by atoms with van der Waals surface area (Å²) < 4.78 is 1.11. The minimum absolute atomic E-state index is 0.0416. The standard InChI is InChI=1S/C18H18N8O7S3/c1-25-18(22-12(28)13(29)23-25)36-4-6-3-34-15-9(14(30)26(15)10(6)16(31)32)21-11(27)8(24-33-2)7-5-35-17(19)20-7/h5,9,15H,3-4H2,1-2H3,(H2,19,20)(H,21,27)(H,23,29)(H,31,32)/p-2/b24-8-/t9-,15?/m1/s1. The second-order valence-corrected chi connectivity index (χ2v) is 10.1. The predicted molar refractivity (Wildman–Crippen MR) is 125 cm³/mol. The van der Waals surface area contributed by atoms with Crippen molar-refractivity contribution in [2.24, 2.45) is 12.2 Å². The van der Waals surface area contributed by atoms with E-state index in [9.17, 15) is 29.4 Å². The number of thiazole rings is 1. The molecule has 2 aliphatic rings. The van der Waals surface area contributed by atoms with Gasteiger partial charge in [-0.05, 0) is 5.57 Å². The monoisotopic (exact) mass is 552 g/mol. The molecule has 190 valence electrons. The molecule has 36 heavy (non-hydrogen) atoms. The number of carbonyl (C=O) groups excluding carboxylic acids is 3. The van der Waals surface area contributed by atoms with E-state index in [1.807, 2.05) is 0 Å². The third kappa shape index (κ3) is 4.73. The Bertz CT molecular complexity index is 1370. The molecule has 0 saturated carbocycles. The van der Waals surface area contributed by atoms with E-state index >= 15 is 0 Å². The summed E-state index contributed by atoms with van der Waals surface area (Å²) >= 11 is 3.31. The van der Waals surface area contributed by atoms with Crippen LogP contribution < -0.4 is 26.8 Å². The minimum atomic E-state index is -1.57. The van der Waals surface area contributed by atoms with Gasteiger partial charge in [-0.3, -0.25) is 19.3 Å². The van der Waals surface area contributed by atoms with Crippen molar-refractivity contribution >= 4 is 63.5 Å². The molecule has 1 unspecified atom stereocenters. The highest BCUT2D eigenvalue weighted by Gasteiger charge is 2.53. The molecule has 2 atom stereocenters. The van der Waals surface area contributed by atoms with Gasteiger partial charge in [0, 0.05) is 23.9 Å². The first kappa shape index (κ1) is 25.5. The number of aliphatic carboxylic acids is 1. The number of aryl methyl sites for hydroxylation is 1. The van der Waals surface area contributed by atoms with E-state index in [2.05, 4.69) is 25.5 Å². The van der Waals surface area contributed by atoms with Gasteiger partial charge in [-0.15, -0.1) is 23.1 Å². The van der Waals surface area contributed by atoms with Gasteiger partial charge < -0.3 is 30.9 Å². The fourth-order valence-electron chi connectivity index (χ4n) is 3.39. The Balaban J connectivity index is 1.51. The van der Waals surface area contributed by atoms with Crippen molar-refractivity contribution in [3.63, 3.8) is 0 Å². The van der Waals surface area contributed by atoms with Crippen LogP contribution in [0, 0.1) is 0 Å². The number of hydrogen-bond acceptors (Lipinski definition) is 15. The first-order chi connectivity index (χ1) is 17.1. The summed E-state index contributed by atoms with van der Waals surface area (Å²) in [7, 11) is 2.66. The van der Waals surface area contributed by atoms with Gasteiger partial charge in [0.05, 0.1) is 17.5 Å². The summed E-state index contributed by atoms with van der Waals surface area (Å²) in [6, 6.07) is -1.03.